The van der Waals surface area contributed by atoms with Crippen LogP contribution >= 0.6 is 0 Å². The van der Waals surface area contributed by atoms with Crippen LogP contribution in [-0.2, 0) is 23.0 Å². The lowest BCUT2D eigenvalue weighted by atomic mass is 10.1. The molecule has 0 spiro atoms. The van der Waals surface area contributed by atoms with Gasteiger partial charge in [0.15, 0.2) is 0 Å². The summed E-state index contributed by atoms with van der Waals surface area (Å²) in [6.07, 6.45) is 0.734. The molecule has 0 aliphatic heterocycles. The number of hydrogen-bond acceptors (Lipinski definition) is 5. The van der Waals surface area contributed by atoms with Crippen LogP contribution in [0.4, 0.5) is 5.69 Å². The number of benzene rings is 2. The quantitative estimate of drug-likeness (QED) is 0.453. The smallest absolute Gasteiger partial charge is 0.269 e. The molecule has 0 saturated heterocycles. The van der Waals surface area contributed by atoms with Crippen molar-refractivity contribution in [3.63, 3.8) is 0 Å². The van der Waals surface area contributed by atoms with Crippen LogP contribution in [0, 0.1) is 10.1 Å². The average Bonchev–Trinajstić information content (AvgIpc) is 2.51. The van der Waals surface area contributed by atoms with Gasteiger partial charge in [0.05, 0.1) is 9.82 Å². The average molecular weight is 335 g/mol. The molecule has 0 radical (unpaired) electrons. The summed E-state index contributed by atoms with van der Waals surface area (Å²) in [4.78, 5) is 10.2. The van der Waals surface area contributed by atoms with Gasteiger partial charge in [0.25, 0.3) is 5.69 Å². The molecule has 8 heteroatoms. The molecular weight excluding hydrogens is 318 g/mol. The van der Waals surface area contributed by atoms with Crippen molar-refractivity contribution in [1.82, 2.24) is 5.32 Å². The van der Waals surface area contributed by atoms with Gasteiger partial charge in [-0.05, 0) is 36.2 Å². The van der Waals surface area contributed by atoms with Gasteiger partial charge in [-0.2, -0.15) is 0 Å². The van der Waals surface area contributed by atoms with Crippen molar-refractivity contribution in [3.8, 4) is 0 Å². The highest BCUT2D eigenvalue weighted by Crippen LogP contribution is 2.12. The first-order valence-electron chi connectivity index (χ1n) is 6.92. The Balaban J connectivity index is 1.80. The summed E-state index contributed by atoms with van der Waals surface area (Å²) < 4.78 is 22.3. The Kier molecular flexibility index (Phi) is 5.43. The molecule has 2 aromatic rings. The van der Waals surface area contributed by atoms with Crippen molar-refractivity contribution >= 4 is 15.7 Å². The van der Waals surface area contributed by atoms with Crippen molar-refractivity contribution < 1.29 is 13.3 Å². The minimum absolute atomic E-state index is 0.0729. The second-order valence-corrected chi connectivity index (χ2v) is 6.60. The highest BCUT2D eigenvalue weighted by molar-refractivity contribution is 7.89. The first kappa shape index (κ1) is 17.1. The molecule has 0 atom stereocenters. The van der Waals surface area contributed by atoms with E-state index in [0.29, 0.717) is 13.1 Å². The fourth-order valence-corrected chi connectivity index (χ4v) is 2.56. The Hall–Kier alpha value is -2.29. The topological polar surface area (TPSA) is 115 Å². The summed E-state index contributed by atoms with van der Waals surface area (Å²) in [5, 5.41) is 18.8. The molecule has 0 bridgehead atoms. The lowest BCUT2D eigenvalue weighted by Crippen LogP contribution is -2.17. The van der Waals surface area contributed by atoms with Gasteiger partial charge in [-0.3, -0.25) is 10.1 Å². The number of nitrogens with two attached hydrogens (primary N) is 1. The first-order valence-corrected chi connectivity index (χ1v) is 8.47. The van der Waals surface area contributed by atoms with Crippen LogP contribution in [0.2, 0.25) is 0 Å². The van der Waals surface area contributed by atoms with Crippen molar-refractivity contribution in [2.75, 3.05) is 6.54 Å². The zero-order valence-corrected chi connectivity index (χ0v) is 13.1. The number of rotatable bonds is 7. The molecule has 0 amide bonds. The summed E-state index contributed by atoms with van der Waals surface area (Å²) in [7, 11) is -3.65. The van der Waals surface area contributed by atoms with Gasteiger partial charge >= 0.3 is 0 Å². The number of sulfonamides is 1. The Morgan fingerprint density at radius 1 is 1.00 bits per heavy atom. The number of nitro groups is 1. The second-order valence-electron chi connectivity index (χ2n) is 5.04. The molecule has 3 N–H and O–H groups in total. The Labute approximate surface area is 134 Å². The van der Waals surface area contributed by atoms with E-state index in [1.165, 1.54) is 24.3 Å². The van der Waals surface area contributed by atoms with Gasteiger partial charge in [-0.15, -0.1) is 0 Å². The molecule has 0 aromatic heterocycles. The van der Waals surface area contributed by atoms with Crippen molar-refractivity contribution in [2.45, 2.75) is 17.9 Å². The van der Waals surface area contributed by atoms with E-state index in [0.717, 1.165) is 17.5 Å². The van der Waals surface area contributed by atoms with Crippen LogP contribution in [0.25, 0.3) is 0 Å². The van der Waals surface area contributed by atoms with Crippen LogP contribution in [0.1, 0.15) is 11.1 Å². The van der Waals surface area contributed by atoms with Gasteiger partial charge < -0.3 is 5.32 Å². The molecule has 0 aliphatic carbocycles. The molecule has 0 fully saturated rings. The maximum Gasteiger partial charge on any atom is 0.269 e. The number of primary sulfonamides is 1. The summed E-state index contributed by atoms with van der Waals surface area (Å²) in [5.74, 6) is 0. The number of nitro benzene ring substituents is 1. The van der Waals surface area contributed by atoms with Crippen LogP contribution in [0.3, 0.4) is 0 Å². The van der Waals surface area contributed by atoms with Crippen molar-refractivity contribution in [2.24, 2.45) is 5.14 Å². The highest BCUT2D eigenvalue weighted by atomic mass is 32.2. The number of nitrogens with one attached hydrogen (secondary N) is 1. The summed E-state index contributed by atoms with van der Waals surface area (Å²) >= 11 is 0. The fourth-order valence-electron chi connectivity index (χ4n) is 2.05. The normalized spacial score (nSPS) is 11.3. The Bertz CT molecular complexity index is 771. The lowest BCUT2D eigenvalue weighted by molar-refractivity contribution is -0.384. The maximum atomic E-state index is 11.2. The molecule has 7 nitrogen and oxygen atoms in total. The van der Waals surface area contributed by atoms with Gasteiger partial charge in [-0.1, -0.05) is 24.3 Å². The zero-order valence-electron chi connectivity index (χ0n) is 12.3. The van der Waals surface area contributed by atoms with Crippen molar-refractivity contribution in [3.05, 3.63) is 69.8 Å². The van der Waals surface area contributed by atoms with Gasteiger partial charge in [0.1, 0.15) is 0 Å². The molecule has 0 heterocycles. The third kappa shape index (κ3) is 5.13. The van der Waals surface area contributed by atoms with E-state index in [-0.39, 0.29) is 10.6 Å². The molecule has 122 valence electrons. The standard InChI is InChI=1S/C15H17N3O4S/c16-23(21,22)15-7-3-12(4-8-15)9-10-17-11-13-1-5-14(6-2-13)18(19)20/h1-8,17H,9-11H2,(H2,16,21,22). The van der Waals surface area contributed by atoms with E-state index in [1.807, 2.05) is 0 Å². The summed E-state index contributed by atoms with van der Waals surface area (Å²) in [6.45, 7) is 1.30. The van der Waals surface area contributed by atoms with E-state index < -0.39 is 14.9 Å². The summed E-state index contributed by atoms with van der Waals surface area (Å²) in [5.41, 5.74) is 2.03. The molecule has 0 unspecified atom stereocenters. The highest BCUT2D eigenvalue weighted by Gasteiger charge is 2.06. The van der Waals surface area contributed by atoms with E-state index in [9.17, 15) is 18.5 Å². The monoisotopic (exact) mass is 335 g/mol. The second kappa shape index (κ2) is 7.32. The van der Waals surface area contributed by atoms with Crippen LogP contribution in [0.15, 0.2) is 53.4 Å². The Morgan fingerprint density at radius 2 is 1.57 bits per heavy atom. The van der Waals surface area contributed by atoms with E-state index >= 15 is 0 Å². The molecule has 23 heavy (non-hydrogen) atoms. The minimum Gasteiger partial charge on any atom is -0.312 e. The van der Waals surface area contributed by atoms with Crippen molar-refractivity contribution in [1.29, 1.82) is 0 Å². The fraction of sp³-hybridized carbons (Fsp3) is 0.200. The number of hydrogen-bond donors (Lipinski definition) is 2. The molecule has 0 aliphatic rings. The number of non-ortho nitro benzene ring substituents is 1. The maximum absolute atomic E-state index is 11.2. The van der Waals surface area contributed by atoms with Crippen LogP contribution in [0.5, 0.6) is 0 Å². The third-order valence-corrected chi connectivity index (χ3v) is 4.25. The lowest BCUT2D eigenvalue weighted by Gasteiger charge is -2.06. The van der Waals surface area contributed by atoms with Gasteiger partial charge in [0, 0.05) is 18.7 Å². The van der Waals surface area contributed by atoms with E-state index in [4.69, 9.17) is 5.14 Å². The van der Waals surface area contributed by atoms with Gasteiger partial charge in [0.2, 0.25) is 10.0 Å². The van der Waals surface area contributed by atoms with Crippen LogP contribution < -0.4 is 10.5 Å². The Morgan fingerprint density at radius 3 is 2.09 bits per heavy atom. The van der Waals surface area contributed by atoms with Gasteiger partial charge in [-0.25, -0.2) is 13.6 Å². The van der Waals surface area contributed by atoms with E-state index in [2.05, 4.69) is 5.32 Å². The van der Waals surface area contributed by atoms with Crippen LogP contribution in [-0.4, -0.2) is 19.9 Å². The molecule has 0 saturated carbocycles. The molecule has 2 aromatic carbocycles. The molecule has 2 rings (SSSR count). The molecular formula is C15H17N3O4S. The van der Waals surface area contributed by atoms with E-state index in [1.54, 1.807) is 24.3 Å². The minimum atomic E-state index is -3.65. The summed E-state index contributed by atoms with van der Waals surface area (Å²) in [6, 6.07) is 12.8. The largest absolute Gasteiger partial charge is 0.312 e. The SMILES string of the molecule is NS(=O)(=O)c1ccc(CCNCc2ccc([N+](=O)[O-])cc2)cc1. The third-order valence-electron chi connectivity index (χ3n) is 3.32. The first-order chi connectivity index (χ1) is 10.9. The predicted molar refractivity (Wildman–Crippen MR) is 86.3 cm³/mol. The number of nitrogens with zero attached hydrogens (tertiary/aromatic N) is 1. The zero-order chi connectivity index (χ0) is 16.9. The predicted octanol–water partition coefficient (Wildman–Crippen LogP) is 1.57.